The van der Waals surface area contributed by atoms with Gasteiger partial charge in [0.1, 0.15) is 5.76 Å². The van der Waals surface area contributed by atoms with Gasteiger partial charge in [-0.15, -0.1) is 11.8 Å². The van der Waals surface area contributed by atoms with E-state index in [1.165, 1.54) is 4.90 Å². The minimum absolute atomic E-state index is 0.0877. The number of amides is 2. The normalized spacial score (nSPS) is 21.5. The first kappa shape index (κ1) is 22.9. The SMILES string of the molecule is CC(=O)N1CCN(C(=O)C[C@H]2CCNC[C@@H]2Cc2cc(CSc3ccccc3)on2)CC1. The van der Waals surface area contributed by atoms with Crippen LogP contribution in [0.15, 0.2) is 45.8 Å². The number of hydrogen-bond acceptors (Lipinski definition) is 6. The Morgan fingerprint density at radius 2 is 1.88 bits per heavy atom. The molecule has 2 aromatic rings. The fraction of sp³-hybridized carbons (Fsp3) is 0.542. The number of carbonyl (C=O) groups is 2. The van der Waals surface area contributed by atoms with Crippen LogP contribution >= 0.6 is 11.8 Å². The van der Waals surface area contributed by atoms with E-state index in [1.54, 1.807) is 18.7 Å². The van der Waals surface area contributed by atoms with Crippen LogP contribution < -0.4 is 5.32 Å². The van der Waals surface area contributed by atoms with Crippen LogP contribution in [0.5, 0.6) is 0 Å². The molecular weight excluding hydrogens is 424 g/mol. The standard InChI is InChI=1S/C24H32N4O3S/c1-18(29)27-9-11-28(12-10-27)24(30)14-19-7-8-25-16-20(19)13-21-15-22(31-26-21)17-32-23-5-3-2-4-6-23/h2-6,15,19-20,25H,7-14,16-17H2,1H3/t19-,20+/m1/s1. The average Bonchev–Trinajstić information content (AvgIpc) is 3.27. The third-order valence-corrected chi connectivity index (χ3v) is 7.52. The zero-order chi connectivity index (χ0) is 22.3. The maximum atomic E-state index is 12.9. The number of aromatic nitrogens is 1. The van der Waals surface area contributed by atoms with Crippen LogP contribution in [0.4, 0.5) is 0 Å². The Hall–Kier alpha value is -2.32. The molecule has 172 valence electrons. The van der Waals surface area contributed by atoms with E-state index in [0.29, 0.717) is 44.4 Å². The van der Waals surface area contributed by atoms with Crippen LogP contribution in [0.1, 0.15) is 31.2 Å². The smallest absolute Gasteiger partial charge is 0.222 e. The minimum atomic E-state index is 0.0877. The number of rotatable bonds is 7. The molecule has 2 aliphatic rings. The number of carbonyl (C=O) groups excluding carboxylic acids is 2. The average molecular weight is 457 g/mol. The Morgan fingerprint density at radius 3 is 2.62 bits per heavy atom. The first-order chi connectivity index (χ1) is 15.6. The van der Waals surface area contributed by atoms with Crippen LogP contribution in [0.25, 0.3) is 0 Å². The van der Waals surface area contributed by atoms with Crippen molar-refractivity contribution in [2.75, 3.05) is 39.3 Å². The zero-order valence-electron chi connectivity index (χ0n) is 18.7. The van der Waals surface area contributed by atoms with Gasteiger partial charge in [-0.1, -0.05) is 23.4 Å². The van der Waals surface area contributed by atoms with E-state index in [2.05, 4.69) is 28.7 Å². The van der Waals surface area contributed by atoms with Gasteiger partial charge in [-0.05, 0) is 49.9 Å². The highest BCUT2D eigenvalue weighted by Gasteiger charge is 2.31. The maximum Gasteiger partial charge on any atom is 0.222 e. The van der Waals surface area contributed by atoms with Gasteiger partial charge in [-0.3, -0.25) is 9.59 Å². The van der Waals surface area contributed by atoms with Gasteiger partial charge < -0.3 is 19.6 Å². The summed E-state index contributed by atoms with van der Waals surface area (Å²) < 4.78 is 5.57. The number of thioether (sulfide) groups is 1. The minimum Gasteiger partial charge on any atom is -0.360 e. The molecule has 2 aliphatic heterocycles. The van der Waals surface area contributed by atoms with Gasteiger partial charge in [0.25, 0.3) is 0 Å². The van der Waals surface area contributed by atoms with Crippen molar-refractivity contribution >= 4 is 23.6 Å². The second kappa shape index (κ2) is 11.0. The van der Waals surface area contributed by atoms with Crippen molar-refractivity contribution in [3.8, 4) is 0 Å². The van der Waals surface area contributed by atoms with Gasteiger partial charge in [-0.25, -0.2) is 0 Å². The molecule has 0 bridgehead atoms. The van der Waals surface area contributed by atoms with Crippen molar-refractivity contribution in [2.45, 2.75) is 36.8 Å². The molecule has 2 saturated heterocycles. The number of nitrogens with zero attached hydrogens (tertiary/aromatic N) is 3. The highest BCUT2D eigenvalue weighted by atomic mass is 32.2. The summed E-state index contributed by atoms with van der Waals surface area (Å²) in [5.41, 5.74) is 0.967. The van der Waals surface area contributed by atoms with Gasteiger partial charge in [0.2, 0.25) is 11.8 Å². The first-order valence-electron chi connectivity index (χ1n) is 11.4. The van der Waals surface area contributed by atoms with Crippen LogP contribution in [0.3, 0.4) is 0 Å². The summed E-state index contributed by atoms with van der Waals surface area (Å²) in [5, 5.41) is 7.78. The van der Waals surface area contributed by atoms with Crippen molar-refractivity contribution in [1.29, 1.82) is 0 Å². The lowest BCUT2D eigenvalue weighted by Gasteiger charge is -2.37. The predicted molar refractivity (Wildman–Crippen MR) is 124 cm³/mol. The van der Waals surface area contributed by atoms with E-state index in [4.69, 9.17) is 4.52 Å². The van der Waals surface area contributed by atoms with E-state index >= 15 is 0 Å². The molecule has 0 unspecified atom stereocenters. The molecule has 8 heteroatoms. The highest BCUT2D eigenvalue weighted by Crippen LogP contribution is 2.28. The van der Waals surface area contributed by atoms with E-state index in [0.717, 1.165) is 43.1 Å². The molecule has 2 amide bonds. The van der Waals surface area contributed by atoms with Crippen LogP contribution in [-0.2, 0) is 21.8 Å². The van der Waals surface area contributed by atoms with Crippen LogP contribution in [0.2, 0.25) is 0 Å². The second-order valence-electron chi connectivity index (χ2n) is 8.69. The molecule has 2 fully saturated rings. The lowest BCUT2D eigenvalue weighted by molar-refractivity contribution is -0.139. The van der Waals surface area contributed by atoms with Crippen molar-refractivity contribution < 1.29 is 14.1 Å². The van der Waals surface area contributed by atoms with Crippen molar-refractivity contribution in [1.82, 2.24) is 20.3 Å². The molecule has 4 rings (SSSR count). The lowest BCUT2D eigenvalue weighted by Crippen LogP contribution is -2.51. The van der Waals surface area contributed by atoms with E-state index in [-0.39, 0.29) is 11.8 Å². The van der Waals surface area contributed by atoms with Gasteiger partial charge in [0.15, 0.2) is 0 Å². The Balaban J connectivity index is 1.28. The van der Waals surface area contributed by atoms with Crippen molar-refractivity contribution in [3.63, 3.8) is 0 Å². The summed E-state index contributed by atoms with van der Waals surface area (Å²) in [6.45, 7) is 5.99. The number of nitrogens with one attached hydrogen (secondary N) is 1. The quantitative estimate of drug-likeness (QED) is 0.646. The number of piperidine rings is 1. The molecule has 1 aromatic heterocycles. The molecule has 7 nitrogen and oxygen atoms in total. The second-order valence-corrected chi connectivity index (χ2v) is 9.74. The summed E-state index contributed by atoms with van der Waals surface area (Å²) in [6.07, 6.45) is 2.39. The summed E-state index contributed by atoms with van der Waals surface area (Å²) in [4.78, 5) is 29.4. The molecular formula is C24H32N4O3S. The van der Waals surface area contributed by atoms with E-state index in [1.807, 2.05) is 28.0 Å². The molecule has 2 atom stereocenters. The molecule has 1 N–H and O–H groups in total. The topological polar surface area (TPSA) is 78.7 Å². The van der Waals surface area contributed by atoms with Gasteiger partial charge in [-0.2, -0.15) is 0 Å². The maximum absolute atomic E-state index is 12.9. The Bertz CT molecular complexity index is 896. The molecule has 32 heavy (non-hydrogen) atoms. The van der Waals surface area contributed by atoms with Gasteiger partial charge in [0.05, 0.1) is 11.4 Å². The first-order valence-corrected chi connectivity index (χ1v) is 12.4. The summed E-state index contributed by atoms with van der Waals surface area (Å²) in [7, 11) is 0. The largest absolute Gasteiger partial charge is 0.360 e. The van der Waals surface area contributed by atoms with Gasteiger partial charge in [0, 0.05) is 50.5 Å². The molecule has 0 radical (unpaired) electrons. The Morgan fingerprint density at radius 1 is 1.12 bits per heavy atom. The molecule has 0 spiro atoms. The third-order valence-electron chi connectivity index (χ3n) is 6.48. The van der Waals surface area contributed by atoms with Crippen molar-refractivity contribution in [3.05, 3.63) is 47.9 Å². The van der Waals surface area contributed by atoms with Crippen LogP contribution in [0, 0.1) is 11.8 Å². The molecule has 3 heterocycles. The van der Waals surface area contributed by atoms with Crippen LogP contribution in [-0.4, -0.2) is 66.0 Å². The van der Waals surface area contributed by atoms with Crippen molar-refractivity contribution in [2.24, 2.45) is 11.8 Å². The predicted octanol–water partition coefficient (Wildman–Crippen LogP) is 2.82. The summed E-state index contributed by atoms with van der Waals surface area (Å²) >= 11 is 1.74. The van der Waals surface area contributed by atoms with Gasteiger partial charge >= 0.3 is 0 Å². The third kappa shape index (κ3) is 6.13. The summed E-state index contributed by atoms with van der Waals surface area (Å²) in [5.74, 6) is 2.65. The Kier molecular flexibility index (Phi) is 7.86. The number of piperazine rings is 1. The highest BCUT2D eigenvalue weighted by molar-refractivity contribution is 7.98. The molecule has 1 aromatic carbocycles. The van der Waals surface area contributed by atoms with E-state index < -0.39 is 0 Å². The lowest BCUT2D eigenvalue weighted by atomic mass is 9.81. The monoisotopic (exact) mass is 456 g/mol. The Labute approximate surface area is 193 Å². The van der Waals surface area contributed by atoms with E-state index in [9.17, 15) is 9.59 Å². The summed E-state index contributed by atoms with van der Waals surface area (Å²) in [6, 6.07) is 12.3. The number of benzene rings is 1. The fourth-order valence-electron chi connectivity index (χ4n) is 4.57. The molecule has 0 saturated carbocycles. The zero-order valence-corrected chi connectivity index (χ0v) is 19.5. The molecule has 0 aliphatic carbocycles. The number of hydrogen-bond donors (Lipinski definition) is 1. The fourth-order valence-corrected chi connectivity index (χ4v) is 5.36.